The van der Waals surface area contributed by atoms with Crippen LogP contribution in [0.3, 0.4) is 0 Å². The number of Topliss-reactive ketones (excluding diaryl/α,β-unsaturated/α-hetero) is 1. The Labute approximate surface area is 192 Å². The summed E-state index contributed by atoms with van der Waals surface area (Å²) < 4.78 is 5.52. The van der Waals surface area contributed by atoms with Gasteiger partial charge < -0.3 is 19.8 Å². The minimum Gasteiger partial charge on any atom is -0.508 e. The number of aromatic hydroxyl groups is 1. The molecule has 4 rings (SSSR count). The summed E-state index contributed by atoms with van der Waals surface area (Å²) in [5, 5.41) is 21.7. The maximum Gasteiger partial charge on any atom is 0.295 e. The predicted molar refractivity (Wildman–Crippen MR) is 122 cm³/mol. The molecule has 6 nitrogen and oxygen atoms in total. The minimum atomic E-state index is -0.781. The van der Waals surface area contributed by atoms with Crippen LogP contribution in [0, 0.1) is 0 Å². The molecule has 0 spiro atoms. The lowest BCUT2D eigenvalue weighted by Crippen LogP contribution is -2.40. The van der Waals surface area contributed by atoms with Crippen molar-refractivity contribution in [2.24, 2.45) is 0 Å². The van der Waals surface area contributed by atoms with Gasteiger partial charge in [0.1, 0.15) is 17.3 Å². The van der Waals surface area contributed by atoms with E-state index in [0.29, 0.717) is 28.5 Å². The first-order valence-corrected chi connectivity index (χ1v) is 11.3. The Kier molecular flexibility index (Phi) is 6.42. The number of phenols is 1. The van der Waals surface area contributed by atoms with Crippen LogP contribution in [0.5, 0.6) is 11.5 Å². The molecule has 1 saturated carbocycles. The van der Waals surface area contributed by atoms with Crippen molar-refractivity contribution in [3.8, 4) is 11.5 Å². The molecule has 2 N–H and O–H groups in total. The highest BCUT2D eigenvalue weighted by Gasteiger charge is 2.49. The van der Waals surface area contributed by atoms with Gasteiger partial charge in [0, 0.05) is 11.6 Å². The Bertz CT molecular complexity index is 1070. The fourth-order valence-corrected chi connectivity index (χ4v) is 4.85. The topological polar surface area (TPSA) is 87.1 Å². The van der Waals surface area contributed by atoms with E-state index in [1.54, 1.807) is 35.2 Å². The third-order valence-corrected chi connectivity index (χ3v) is 6.45. The zero-order chi connectivity index (χ0) is 22.8. The highest BCUT2D eigenvalue weighted by molar-refractivity contribution is 6.46. The molecule has 1 saturated heterocycles. The molecule has 1 atom stereocenters. The molecule has 2 aromatic carbocycles. The van der Waals surface area contributed by atoms with Gasteiger partial charge in [-0.25, -0.2) is 0 Å². The molecule has 7 heteroatoms. The van der Waals surface area contributed by atoms with Gasteiger partial charge in [-0.3, -0.25) is 9.59 Å². The second-order valence-corrected chi connectivity index (χ2v) is 8.58. The number of benzene rings is 2. The number of hydrogen-bond acceptors (Lipinski definition) is 5. The van der Waals surface area contributed by atoms with Crippen molar-refractivity contribution in [2.45, 2.75) is 51.1 Å². The van der Waals surface area contributed by atoms with E-state index < -0.39 is 17.7 Å². The number of amides is 1. The van der Waals surface area contributed by atoms with Crippen molar-refractivity contribution in [1.29, 1.82) is 0 Å². The number of phenolic OH excluding ortho intramolecular Hbond substituents is 1. The van der Waals surface area contributed by atoms with Gasteiger partial charge in [0.2, 0.25) is 0 Å². The number of carbonyl (C=O) groups is 2. The highest BCUT2D eigenvalue weighted by atomic mass is 35.5. The number of aliphatic hydroxyl groups is 1. The fourth-order valence-electron chi connectivity index (χ4n) is 4.68. The summed E-state index contributed by atoms with van der Waals surface area (Å²) in [5.74, 6) is -1.22. The van der Waals surface area contributed by atoms with E-state index in [1.165, 1.54) is 12.1 Å². The zero-order valence-electron chi connectivity index (χ0n) is 17.9. The van der Waals surface area contributed by atoms with E-state index in [9.17, 15) is 19.8 Å². The van der Waals surface area contributed by atoms with Gasteiger partial charge in [0.25, 0.3) is 11.7 Å². The summed E-state index contributed by atoms with van der Waals surface area (Å²) in [6.45, 7) is 2.21. The quantitative estimate of drug-likeness (QED) is 0.367. The lowest BCUT2D eigenvalue weighted by atomic mass is 9.91. The summed E-state index contributed by atoms with van der Waals surface area (Å²) in [5.41, 5.74) is 0.927. The van der Waals surface area contributed by atoms with E-state index in [0.717, 1.165) is 32.1 Å². The van der Waals surface area contributed by atoms with Gasteiger partial charge in [0.05, 0.1) is 23.2 Å². The summed E-state index contributed by atoms with van der Waals surface area (Å²) in [6.07, 6.45) is 4.67. The molecular formula is C25H26ClNO5. The van der Waals surface area contributed by atoms with Crippen LogP contribution in [0.2, 0.25) is 5.02 Å². The van der Waals surface area contributed by atoms with E-state index in [2.05, 4.69) is 0 Å². The summed E-state index contributed by atoms with van der Waals surface area (Å²) >= 11 is 6.18. The average molecular weight is 456 g/mol. The number of hydrogen-bond donors (Lipinski definition) is 2. The van der Waals surface area contributed by atoms with Crippen LogP contribution in [0.15, 0.2) is 48.0 Å². The standard InChI is InChI=1S/C25H26ClNO5/c1-2-32-20-14-16(11-12-19(20)26)23(29)21-22(15-7-6-10-18(28)13-15)27(25(31)24(21)30)17-8-4-3-5-9-17/h6-7,10-14,17,22,28-29H,2-5,8-9H2,1H3/b23-21-. The molecule has 1 aliphatic carbocycles. The Morgan fingerprint density at radius 3 is 2.56 bits per heavy atom. The Morgan fingerprint density at radius 2 is 1.88 bits per heavy atom. The SMILES string of the molecule is CCOc1cc(/C(O)=C2/C(=O)C(=O)N(C3CCCCC3)C2c2cccc(O)c2)ccc1Cl. The number of rotatable bonds is 5. The predicted octanol–water partition coefficient (Wildman–Crippen LogP) is 5.20. The Balaban J connectivity index is 1.87. The largest absolute Gasteiger partial charge is 0.508 e. The third kappa shape index (κ3) is 4.07. The van der Waals surface area contributed by atoms with Crippen LogP contribution < -0.4 is 4.74 Å². The van der Waals surface area contributed by atoms with Crippen LogP contribution in [-0.2, 0) is 9.59 Å². The number of ether oxygens (including phenoxy) is 1. The molecular weight excluding hydrogens is 430 g/mol. The van der Waals surface area contributed by atoms with Crippen molar-refractivity contribution >= 4 is 29.1 Å². The molecule has 1 heterocycles. The summed E-state index contributed by atoms with van der Waals surface area (Å²) in [4.78, 5) is 28.0. The molecule has 32 heavy (non-hydrogen) atoms. The van der Waals surface area contributed by atoms with Crippen molar-refractivity contribution in [3.63, 3.8) is 0 Å². The van der Waals surface area contributed by atoms with E-state index >= 15 is 0 Å². The second-order valence-electron chi connectivity index (χ2n) is 8.17. The maximum absolute atomic E-state index is 13.2. The Morgan fingerprint density at radius 1 is 1.12 bits per heavy atom. The van der Waals surface area contributed by atoms with E-state index in [4.69, 9.17) is 16.3 Å². The number of carbonyl (C=O) groups excluding carboxylic acids is 2. The number of ketones is 1. The van der Waals surface area contributed by atoms with E-state index in [1.807, 2.05) is 6.92 Å². The first kappa shape index (κ1) is 22.2. The van der Waals surface area contributed by atoms with Crippen molar-refractivity contribution in [2.75, 3.05) is 6.61 Å². The first-order valence-electron chi connectivity index (χ1n) is 10.9. The molecule has 0 radical (unpaired) electrons. The molecule has 0 aromatic heterocycles. The normalized spacial score (nSPS) is 21.2. The molecule has 2 aromatic rings. The lowest BCUT2D eigenvalue weighted by Gasteiger charge is -2.35. The highest BCUT2D eigenvalue weighted by Crippen LogP contribution is 2.44. The molecule has 0 bridgehead atoms. The maximum atomic E-state index is 13.2. The van der Waals surface area contributed by atoms with Crippen LogP contribution in [0.4, 0.5) is 0 Å². The smallest absolute Gasteiger partial charge is 0.295 e. The van der Waals surface area contributed by atoms with Crippen LogP contribution in [0.25, 0.3) is 5.76 Å². The van der Waals surface area contributed by atoms with Crippen molar-refractivity contribution < 1.29 is 24.5 Å². The van der Waals surface area contributed by atoms with Gasteiger partial charge in [-0.15, -0.1) is 0 Å². The van der Waals surface area contributed by atoms with Gasteiger partial charge >= 0.3 is 0 Å². The number of halogens is 1. The number of likely N-dealkylation sites (tertiary alicyclic amines) is 1. The van der Waals surface area contributed by atoms with Crippen LogP contribution >= 0.6 is 11.6 Å². The molecule has 1 aliphatic heterocycles. The lowest BCUT2D eigenvalue weighted by molar-refractivity contribution is -0.141. The number of nitrogens with zero attached hydrogens (tertiary/aromatic N) is 1. The Hall–Kier alpha value is -2.99. The van der Waals surface area contributed by atoms with E-state index in [-0.39, 0.29) is 23.1 Å². The van der Waals surface area contributed by atoms with Gasteiger partial charge in [-0.05, 0) is 55.7 Å². The fraction of sp³-hybridized carbons (Fsp3) is 0.360. The van der Waals surface area contributed by atoms with Crippen LogP contribution in [-0.4, -0.2) is 39.5 Å². The molecule has 168 valence electrons. The molecule has 2 aliphatic rings. The second kappa shape index (κ2) is 9.25. The number of aliphatic hydroxyl groups excluding tert-OH is 1. The average Bonchev–Trinajstić information content (AvgIpc) is 3.06. The monoisotopic (exact) mass is 455 g/mol. The summed E-state index contributed by atoms with van der Waals surface area (Å²) in [7, 11) is 0. The minimum absolute atomic E-state index is 0.0101. The van der Waals surface area contributed by atoms with Gasteiger partial charge in [0.15, 0.2) is 0 Å². The van der Waals surface area contributed by atoms with Crippen LogP contribution in [0.1, 0.15) is 56.2 Å². The summed E-state index contributed by atoms with van der Waals surface area (Å²) in [6, 6.07) is 10.4. The molecule has 1 amide bonds. The van der Waals surface area contributed by atoms with Crippen molar-refractivity contribution in [3.05, 3.63) is 64.2 Å². The molecule has 2 fully saturated rings. The van der Waals surface area contributed by atoms with Gasteiger partial charge in [-0.1, -0.05) is 43.0 Å². The zero-order valence-corrected chi connectivity index (χ0v) is 18.6. The third-order valence-electron chi connectivity index (χ3n) is 6.14. The van der Waals surface area contributed by atoms with Crippen molar-refractivity contribution in [1.82, 2.24) is 4.90 Å². The van der Waals surface area contributed by atoms with Gasteiger partial charge in [-0.2, -0.15) is 0 Å². The molecule has 1 unspecified atom stereocenters. The first-order chi connectivity index (χ1) is 15.4.